The van der Waals surface area contributed by atoms with Gasteiger partial charge in [0.15, 0.2) is 0 Å². The van der Waals surface area contributed by atoms with E-state index in [1.165, 1.54) is 23.9 Å². The topological polar surface area (TPSA) is 48.3 Å². The lowest BCUT2D eigenvalue weighted by atomic mass is 10.2. The average Bonchev–Trinajstić information content (AvgIpc) is 2.26. The number of esters is 1. The number of hydrogen-bond acceptors (Lipinski definition) is 3. The quantitative estimate of drug-likeness (QED) is 0.661. The number of carbonyl (C=O) groups is 1. The Morgan fingerprint density at radius 3 is 2.33 bits per heavy atom. The minimum atomic E-state index is -0.432. The molecule has 84 valence electrons. The summed E-state index contributed by atoms with van der Waals surface area (Å²) in [7, 11) is 2.91. The Hall–Kier alpha value is -1.58. The molecule has 0 radical (unpaired) electrons. The fourth-order valence-corrected chi connectivity index (χ4v) is 1.11. The van der Waals surface area contributed by atoms with E-state index in [9.17, 15) is 9.59 Å². The van der Waals surface area contributed by atoms with Gasteiger partial charge in [-0.15, -0.1) is 0 Å². The van der Waals surface area contributed by atoms with Crippen LogP contribution in [0, 0.1) is 6.92 Å². The molecule has 0 saturated carbocycles. The van der Waals surface area contributed by atoms with E-state index in [0.717, 1.165) is 0 Å². The predicted molar refractivity (Wildman–Crippen MR) is 59.1 cm³/mol. The summed E-state index contributed by atoms with van der Waals surface area (Å²) in [5.41, 5.74) is 0.820. The van der Waals surface area contributed by atoms with E-state index in [-0.39, 0.29) is 5.56 Å². The molecule has 0 aliphatic rings. The van der Waals surface area contributed by atoms with Crippen molar-refractivity contribution < 1.29 is 9.53 Å². The molecule has 0 amide bonds. The van der Waals surface area contributed by atoms with Gasteiger partial charge in [-0.05, 0) is 13.0 Å². The molecule has 4 heteroatoms. The Kier molecular flexibility index (Phi) is 5.37. The molecule has 0 bridgehead atoms. The van der Waals surface area contributed by atoms with E-state index >= 15 is 0 Å². The van der Waals surface area contributed by atoms with Gasteiger partial charge >= 0.3 is 5.97 Å². The summed E-state index contributed by atoms with van der Waals surface area (Å²) in [5, 5.41) is 0. The van der Waals surface area contributed by atoms with Crippen LogP contribution in [0.3, 0.4) is 0 Å². The largest absolute Gasteiger partial charge is 0.465 e. The van der Waals surface area contributed by atoms with E-state index < -0.39 is 5.97 Å². The van der Waals surface area contributed by atoms with Crippen molar-refractivity contribution in [3.05, 3.63) is 33.7 Å². The molecule has 0 aliphatic carbocycles. The molecule has 0 saturated heterocycles. The van der Waals surface area contributed by atoms with Gasteiger partial charge in [0.2, 0.25) is 0 Å². The summed E-state index contributed by atoms with van der Waals surface area (Å²) < 4.78 is 5.89. The zero-order valence-electron chi connectivity index (χ0n) is 9.83. The zero-order chi connectivity index (χ0) is 12.0. The average molecular weight is 211 g/mol. The first kappa shape index (κ1) is 13.4. The highest BCUT2D eigenvalue weighted by molar-refractivity contribution is 5.89. The molecule has 0 aliphatic heterocycles. The SMILES string of the molecule is CC.COC(=O)c1cc(C)c(=O)n(C)c1. The van der Waals surface area contributed by atoms with Crippen molar-refractivity contribution in [1.29, 1.82) is 0 Å². The molecular weight excluding hydrogens is 194 g/mol. The van der Waals surface area contributed by atoms with Gasteiger partial charge in [-0.2, -0.15) is 0 Å². The molecule has 0 spiro atoms. The highest BCUT2D eigenvalue weighted by Gasteiger charge is 2.07. The van der Waals surface area contributed by atoms with E-state index in [4.69, 9.17) is 0 Å². The monoisotopic (exact) mass is 211 g/mol. The van der Waals surface area contributed by atoms with Crippen LogP contribution >= 0.6 is 0 Å². The van der Waals surface area contributed by atoms with Crippen molar-refractivity contribution >= 4 is 5.97 Å². The van der Waals surface area contributed by atoms with Crippen LogP contribution < -0.4 is 5.56 Å². The van der Waals surface area contributed by atoms with E-state index in [1.807, 2.05) is 13.8 Å². The molecule has 1 aromatic heterocycles. The first-order valence-corrected chi connectivity index (χ1v) is 4.82. The van der Waals surface area contributed by atoms with Crippen LogP contribution in [0.1, 0.15) is 29.8 Å². The standard InChI is InChI=1S/C9H11NO3.C2H6/c1-6-4-7(9(12)13-3)5-10(2)8(6)11;1-2/h4-5H,1-3H3;1-2H3. The first-order valence-electron chi connectivity index (χ1n) is 4.82. The van der Waals surface area contributed by atoms with Gasteiger partial charge in [-0.25, -0.2) is 4.79 Å². The molecule has 0 atom stereocenters. The van der Waals surface area contributed by atoms with Crippen LogP contribution in [0.4, 0.5) is 0 Å². The lowest BCUT2D eigenvalue weighted by Crippen LogP contribution is -2.20. The van der Waals surface area contributed by atoms with Crippen molar-refractivity contribution in [2.75, 3.05) is 7.11 Å². The van der Waals surface area contributed by atoms with Gasteiger partial charge in [0.05, 0.1) is 12.7 Å². The molecule has 1 aromatic rings. The second-order valence-corrected chi connectivity index (χ2v) is 2.82. The van der Waals surface area contributed by atoms with E-state index in [1.54, 1.807) is 14.0 Å². The molecule has 1 heterocycles. The number of hydrogen-bond donors (Lipinski definition) is 0. The van der Waals surface area contributed by atoms with Crippen LogP contribution in [0.2, 0.25) is 0 Å². The molecule has 15 heavy (non-hydrogen) atoms. The normalized spacial score (nSPS) is 8.87. The van der Waals surface area contributed by atoms with Gasteiger partial charge in [0, 0.05) is 18.8 Å². The third kappa shape index (κ3) is 3.23. The number of methoxy groups -OCH3 is 1. The minimum Gasteiger partial charge on any atom is -0.465 e. The van der Waals surface area contributed by atoms with Gasteiger partial charge in [0.25, 0.3) is 5.56 Å². The summed E-state index contributed by atoms with van der Waals surface area (Å²) in [6.45, 7) is 5.66. The summed E-state index contributed by atoms with van der Waals surface area (Å²) in [4.78, 5) is 22.3. The number of pyridine rings is 1. The second kappa shape index (κ2) is 6.01. The number of carbonyl (C=O) groups excluding carboxylic acids is 1. The summed E-state index contributed by atoms with van der Waals surface area (Å²) in [5.74, 6) is -0.432. The molecule has 0 N–H and O–H groups in total. The number of rotatable bonds is 1. The van der Waals surface area contributed by atoms with Crippen LogP contribution in [0.15, 0.2) is 17.1 Å². The Morgan fingerprint density at radius 1 is 1.40 bits per heavy atom. The van der Waals surface area contributed by atoms with Crippen LogP contribution in [0.5, 0.6) is 0 Å². The summed E-state index contributed by atoms with van der Waals surface area (Å²) in [6.07, 6.45) is 1.46. The molecule has 1 rings (SSSR count). The highest BCUT2D eigenvalue weighted by Crippen LogP contribution is 2.00. The molecule has 4 nitrogen and oxygen atoms in total. The summed E-state index contributed by atoms with van der Waals surface area (Å²) in [6, 6.07) is 1.52. The van der Waals surface area contributed by atoms with E-state index in [2.05, 4.69) is 4.74 Å². The van der Waals surface area contributed by atoms with Gasteiger partial charge in [0.1, 0.15) is 0 Å². The number of nitrogens with zero attached hydrogens (tertiary/aromatic N) is 1. The Morgan fingerprint density at radius 2 is 1.93 bits per heavy atom. The third-order valence-electron chi connectivity index (χ3n) is 1.78. The van der Waals surface area contributed by atoms with Crippen molar-refractivity contribution in [2.45, 2.75) is 20.8 Å². The van der Waals surface area contributed by atoms with Gasteiger partial charge < -0.3 is 9.30 Å². The van der Waals surface area contributed by atoms with Gasteiger partial charge in [-0.3, -0.25) is 4.79 Å². The summed E-state index contributed by atoms with van der Waals surface area (Å²) >= 11 is 0. The molecule has 0 aromatic carbocycles. The van der Waals surface area contributed by atoms with E-state index in [0.29, 0.717) is 11.1 Å². The maximum absolute atomic E-state index is 11.2. The molecule has 0 unspecified atom stereocenters. The third-order valence-corrected chi connectivity index (χ3v) is 1.78. The van der Waals surface area contributed by atoms with Crippen LogP contribution in [-0.2, 0) is 11.8 Å². The van der Waals surface area contributed by atoms with Crippen molar-refractivity contribution in [1.82, 2.24) is 4.57 Å². The van der Waals surface area contributed by atoms with Crippen molar-refractivity contribution in [3.8, 4) is 0 Å². The minimum absolute atomic E-state index is 0.104. The smallest absolute Gasteiger partial charge is 0.339 e. The zero-order valence-corrected chi connectivity index (χ0v) is 9.83. The predicted octanol–water partition coefficient (Wildman–Crippen LogP) is 1.51. The Balaban J connectivity index is 0.000000921. The number of aromatic nitrogens is 1. The fourth-order valence-electron chi connectivity index (χ4n) is 1.11. The molecular formula is C11H17NO3. The first-order chi connectivity index (χ1) is 7.06. The van der Waals surface area contributed by atoms with Gasteiger partial charge in [-0.1, -0.05) is 13.8 Å². The Labute approximate surface area is 89.5 Å². The van der Waals surface area contributed by atoms with Crippen molar-refractivity contribution in [2.24, 2.45) is 7.05 Å². The van der Waals surface area contributed by atoms with Crippen molar-refractivity contribution in [3.63, 3.8) is 0 Å². The Bertz CT molecular complexity index is 367. The maximum atomic E-state index is 11.2. The highest BCUT2D eigenvalue weighted by atomic mass is 16.5. The molecule has 0 fully saturated rings. The fraction of sp³-hybridized carbons (Fsp3) is 0.455. The number of ether oxygens (including phenoxy) is 1. The maximum Gasteiger partial charge on any atom is 0.339 e. The van der Waals surface area contributed by atoms with Crippen LogP contribution in [-0.4, -0.2) is 17.6 Å². The lowest BCUT2D eigenvalue weighted by molar-refractivity contribution is 0.0599. The van der Waals surface area contributed by atoms with Crippen LogP contribution in [0.25, 0.3) is 0 Å². The second-order valence-electron chi connectivity index (χ2n) is 2.82. The number of aryl methyl sites for hydroxylation is 2. The lowest BCUT2D eigenvalue weighted by Gasteiger charge is -2.03.